The number of nitrogens with zero attached hydrogens (tertiary/aromatic N) is 2. The van der Waals surface area contributed by atoms with Gasteiger partial charge in [-0.3, -0.25) is 0 Å². The number of hydrogen-bond acceptors (Lipinski definition) is 7. The van der Waals surface area contributed by atoms with Crippen molar-refractivity contribution in [2.75, 3.05) is 18.5 Å². The van der Waals surface area contributed by atoms with Gasteiger partial charge in [0.05, 0.1) is 18.8 Å². The molecule has 1 aromatic heterocycles. The number of hydrogen-bond donors (Lipinski definition) is 3. The van der Waals surface area contributed by atoms with Gasteiger partial charge in [0.15, 0.2) is 11.9 Å². The second-order valence-corrected chi connectivity index (χ2v) is 9.74. The largest absolute Gasteiger partial charge is 0.493 e. The van der Waals surface area contributed by atoms with Crippen LogP contribution in [0.15, 0.2) is 91.5 Å². The standard InChI is InChI=1S/C33H34N4O5/c1-3-8-28-22(2)35-30(24-9-5-4-6-10-24)37-31(28)36-26-15-13-25(14-16-26)33(40)42-20-7-19-41-27-17-11-23(12-18-27)21-29(34)32(38)39/h3-6,9-18,29H,1,7-8,19-21,34H2,2H3,(H,38,39)(H,35,36,37)/p+1. The molecule has 0 aliphatic rings. The van der Waals surface area contributed by atoms with E-state index in [0.29, 0.717) is 48.8 Å². The zero-order chi connectivity index (χ0) is 29.9. The summed E-state index contributed by atoms with van der Waals surface area (Å²) in [5, 5.41) is 12.4. The molecular weight excluding hydrogens is 532 g/mol. The molecule has 42 heavy (non-hydrogen) atoms. The van der Waals surface area contributed by atoms with E-state index in [4.69, 9.17) is 19.6 Å². The van der Waals surface area contributed by atoms with E-state index in [2.05, 4.69) is 22.6 Å². The maximum absolute atomic E-state index is 12.5. The van der Waals surface area contributed by atoms with E-state index in [1.54, 1.807) is 24.3 Å². The topological polar surface area (TPSA) is 138 Å². The number of carboxylic acid groups (broad SMARTS) is 1. The van der Waals surface area contributed by atoms with Gasteiger partial charge in [-0.05, 0) is 55.3 Å². The molecule has 5 N–H and O–H groups in total. The quantitative estimate of drug-likeness (QED) is 0.112. The van der Waals surface area contributed by atoms with Gasteiger partial charge in [0.2, 0.25) is 0 Å². The molecule has 216 valence electrons. The first kappa shape index (κ1) is 30.0. The maximum atomic E-state index is 12.5. The van der Waals surface area contributed by atoms with E-state index in [1.807, 2.05) is 67.6 Å². The van der Waals surface area contributed by atoms with Gasteiger partial charge in [-0.2, -0.15) is 0 Å². The summed E-state index contributed by atoms with van der Waals surface area (Å²) in [5.41, 5.74) is 8.47. The molecule has 1 heterocycles. The molecule has 0 radical (unpaired) electrons. The number of ether oxygens (including phenoxy) is 2. The zero-order valence-corrected chi connectivity index (χ0v) is 23.6. The van der Waals surface area contributed by atoms with Crippen LogP contribution < -0.4 is 15.8 Å². The summed E-state index contributed by atoms with van der Waals surface area (Å²) in [4.78, 5) is 33.0. The van der Waals surface area contributed by atoms with E-state index >= 15 is 0 Å². The Labute approximate surface area is 245 Å². The van der Waals surface area contributed by atoms with Crippen molar-refractivity contribution >= 4 is 23.4 Å². The van der Waals surface area contributed by atoms with Crippen molar-refractivity contribution in [1.82, 2.24) is 9.97 Å². The van der Waals surface area contributed by atoms with Gasteiger partial charge in [-0.1, -0.05) is 48.5 Å². The minimum atomic E-state index is -0.926. The third-order valence-corrected chi connectivity index (χ3v) is 6.52. The van der Waals surface area contributed by atoms with Gasteiger partial charge in [0.25, 0.3) is 0 Å². The third kappa shape index (κ3) is 8.25. The lowest BCUT2D eigenvalue weighted by atomic mass is 10.1. The lowest BCUT2D eigenvalue weighted by Crippen LogP contribution is -2.65. The van der Waals surface area contributed by atoms with Crippen molar-refractivity contribution in [2.24, 2.45) is 0 Å². The van der Waals surface area contributed by atoms with Crippen LogP contribution in [0.2, 0.25) is 0 Å². The number of aromatic nitrogens is 2. The molecule has 0 saturated heterocycles. The fourth-order valence-corrected chi connectivity index (χ4v) is 4.22. The summed E-state index contributed by atoms with van der Waals surface area (Å²) >= 11 is 0. The lowest BCUT2D eigenvalue weighted by molar-refractivity contribution is -0.407. The molecule has 4 rings (SSSR count). The number of quaternary nitrogens is 1. The molecule has 0 aliphatic heterocycles. The summed E-state index contributed by atoms with van der Waals surface area (Å²) in [6, 6.07) is 23.4. The second-order valence-electron chi connectivity index (χ2n) is 9.74. The fraction of sp³-hybridized carbons (Fsp3) is 0.212. The number of carboxylic acids is 1. The number of carbonyl (C=O) groups is 2. The van der Waals surface area contributed by atoms with Gasteiger partial charge in [-0.25, -0.2) is 19.6 Å². The number of esters is 1. The highest BCUT2D eigenvalue weighted by Crippen LogP contribution is 2.26. The Morgan fingerprint density at radius 3 is 2.38 bits per heavy atom. The Bertz CT molecular complexity index is 1510. The molecule has 0 bridgehead atoms. The molecular formula is C33H35N4O5+. The molecule has 1 atom stereocenters. The molecule has 0 aliphatic carbocycles. The first-order valence-electron chi connectivity index (χ1n) is 13.7. The van der Waals surface area contributed by atoms with E-state index in [0.717, 1.165) is 28.1 Å². The van der Waals surface area contributed by atoms with E-state index < -0.39 is 18.0 Å². The first-order chi connectivity index (χ1) is 20.3. The number of anilines is 2. The van der Waals surface area contributed by atoms with Crippen LogP contribution in [-0.4, -0.2) is 46.3 Å². The van der Waals surface area contributed by atoms with Gasteiger partial charge in [0, 0.05) is 35.3 Å². The van der Waals surface area contributed by atoms with Crippen LogP contribution in [0.3, 0.4) is 0 Å². The van der Waals surface area contributed by atoms with Crippen LogP contribution in [0.1, 0.15) is 33.6 Å². The molecule has 0 saturated carbocycles. The van der Waals surface area contributed by atoms with Crippen molar-refractivity contribution in [3.05, 3.63) is 114 Å². The predicted molar refractivity (Wildman–Crippen MR) is 161 cm³/mol. The Kier molecular flexibility index (Phi) is 10.4. The second kappa shape index (κ2) is 14.6. The summed E-state index contributed by atoms with van der Waals surface area (Å²) in [5.74, 6) is 0.648. The van der Waals surface area contributed by atoms with Gasteiger partial charge in [0.1, 0.15) is 11.6 Å². The monoisotopic (exact) mass is 567 g/mol. The molecule has 9 heteroatoms. The molecule has 4 aromatic rings. The van der Waals surface area contributed by atoms with Crippen LogP contribution in [0.25, 0.3) is 11.4 Å². The number of nitrogens with one attached hydrogen (secondary N) is 1. The average Bonchev–Trinajstić information content (AvgIpc) is 3.00. The summed E-state index contributed by atoms with van der Waals surface area (Å²) in [6.07, 6.45) is 3.32. The predicted octanol–water partition coefficient (Wildman–Crippen LogP) is 4.79. The lowest BCUT2D eigenvalue weighted by Gasteiger charge is -2.14. The van der Waals surface area contributed by atoms with Crippen molar-refractivity contribution in [2.45, 2.75) is 32.2 Å². The minimum Gasteiger partial charge on any atom is -0.493 e. The van der Waals surface area contributed by atoms with Crippen LogP contribution in [-0.2, 0) is 22.4 Å². The van der Waals surface area contributed by atoms with Gasteiger partial charge < -0.3 is 25.6 Å². The zero-order valence-electron chi connectivity index (χ0n) is 23.6. The molecule has 0 fully saturated rings. The van der Waals surface area contributed by atoms with Crippen molar-refractivity contribution < 1.29 is 29.9 Å². The SMILES string of the molecule is C=CCc1c(C)nc(-c2ccccc2)nc1Nc1ccc(C(=O)OCCCOc2ccc(CC([NH3+])C(=O)O)cc2)cc1. The maximum Gasteiger partial charge on any atom is 0.362 e. The number of allylic oxidation sites excluding steroid dienone is 1. The highest BCUT2D eigenvalue weighted by atomic mass is 16.5. The Balaban J connectivity index is 1.28. The highest BCUT2D eigenvalue weighted by molar-refractivity contribution is 5.90. The smallest absolute Gasteiger partial charge is 0.362 e. The molecule has 3 aromatic carbocycles. The highest BCUT2D eigenvalue weighted by Gasteiger charge is 2.16. The molecule has 0 spiro atoms. The fourth-order valence-electron chi connectivity index (χ4n) is 4.22. The summed E-state index contributed by atoms with van der Waals surface area (Å²) in [7, 11) is 0. The summed E-state index contributed by atoms with van der Waals surface area (Å²) in [6.45, 7) is 6.41. The van der Waals surface area contributed by atoms with E-state index in [-0.39, 0.29) is 6.61 Å². The number of aryl methyl sites for hydroxylation is 1. The summed E-state index contributed by atoms with van der Waals surface area (Å²) < 4.78 is 11.1. The average molecular weight is 568 g/mol. The normalized spacial score (nSPS) is 11.4. The van der Waals surface area contributed by atoms with Crippen molar-refractivity contribution in [3.8, 4) is 17.1 Å². The molecule has 0 amide bonds. The third-order valence-electron chi connectivity index (χ3n) is 6.52. The number of carbonyl (C=O) groups excluding carboxylic acids is 1. The van der Waals surface area contributed by atoms with Crippen LogP contribution in [0.5, 0.6) is 5.75 Å². The van der Waals surface area contributed by atoms with Crippen molar-refractivity contribution in [3.63, 3.8) is 0 Å². The van der Waals surface area contributed by atoms with Crippen LogP contribution in [0, 0.1) is 6.92 Å². The number of aliphatic carboxylic acids is 1. The minimum absolute atomic E-state index is 0.214. The first-order valence-corrected chi connectivity index (χ1v) is 13.7. The van der Waals surface area contributed by atoms with Crippen LogP contribution in [0.4, 0.5) is 11.5 Å². The molecule has 9 nitrogen and oxygen atoms in total. The Morgan fingerprint density at radius 2 is 1.71 bits per heavy atom. The number of benzene rings is 3. The van der Waals surface area contributed by atoms with Gasteiger partial charge in [-0.15, -0.1) is 6.58 Å². The Morgan fingerprint density at radius 1 is 1.00 bits per heavy atom. The van der Waals surface area contributed by atoms with Crippen LogP contribution >= 0.6 is 0 Å². The van der Waals surface area contributed by atoms with Crippen molar-refractivity contribution in [1.29, 1.82) is 0 Å². The van der Waals surface area contributed by atoms with E-state index in [1.165, 1.54) is 0 Å². The van der Waals surface area contributed by atoms with E-state index in [9.17, 15) is 9.59 Å². The number of rotatable bonds is 14. The Hall–Kier alpha value is -5.02. The van der Waals surface area contributed by atoms with Gasteiger partial charge >= 0.3 is 11.9 Å². The molecule has 1 unspecified atom stereocenters.